The summed E-state index contributed by atoms with van der Waals surface area (Å²) in [6.45, 7) is 3.88. The van der Waals surface area contributed by atoms with E-state index in [0.29, 0.717) is 16.3 Å². The Hall–Kier alpha value is -1.35. The molecule has 0 atom stereocenters. The second kappa shape index (κ2) is 5.80. The fourth-order valence-corrected chi connectivity index (χ4v) is 2.47. The number of rotatable bonds is 3. The number of benzene rings is 1. The van der Waals surface area contributed by atoms with Crippen LogP contribution in [-0.2, 0) is 0 Å². The van der Waals surface area contributed by atoms with Crippen LogP contribution >= 0.6 is 28.1 Å². The van der Waals surface area contributed by atoms with Crippen LogP contribution in [0, 0.1) is 4.77 Å². The Labute approximate surface area is 132 Å². The van der Waals surface area contributed by atoms with E-state index in [1.165, 1.54) is 18.2 Å². The highest BCUT2D eigenvalue weighted by Gasteiger charge is 2.32. The molecule has 0 aliphatic rings. The molecule has 9 heteroatoms. The van der Waals surface area contributed by atoms with E-state index >= 15 is 0 Å². The summed E-state index contributed by atoms with van der Waals surface area (Å²) < 4.78 is 42.9. The molecule has 0 amide bonds. The Kier molecular flexibility index (Phi) is 4.43. The van der Waals surface area contributed by atoms with Gasteiger partial charge in [0, 0.05) is 5.92 Å². The van der Waals surface area contributed by atoms with Crippen molar-refractivity contribution in [1.82, 2.24) is 14.8 Å². The predicted molar refractivity (Wildman–Crippen MR) is 77.2 cm³/mol. The zero-order valence-corrected chi connectivity index (χ0v) is 13.4. The van der Waals surface area contributed by atoms with Crippen LogP contribution in [0.25, 0.3) is 5.69 Å². The summed E-state index contributed by atoms with van der Waals surface area (Å²) in [7, 11) is 0. The number of nitrogens with zero attached hydrogens (tertiary/aromatic N) is 2. The molecule has 0 aliphatic carbocycles. The van der Waals surface area contributed by atoms with Crippen molar-refractivity contribution in [2.24, 2.45) is 0 Å². The molecule has 1 N–H and O–H groups in total. The van der Waals surface area contributed by atoms with Gasteiger partial charge in [-0.3, -0.25) is 9.67 Å². The van der Waals surface area contributed by atoms with Gasteiger partial charge in [-0.1, -0.05) is 13.8 Å². The third-order valence-electron chi connectivity index (χ3n) is 2.61. The number of halogens is 4. The van der Waals surface area contributed by atoms with Crippen molar-refractivity contribution in [3.8, 4) is 11.4 Å². The number of hydrogen-bond donors (Lipinski definition) is 1. The predicted octanol–water partition coefficient (Wildman–Crippen LogP) is 4.71. The van der Waals surface area contributed by atoms with E-state index in [1.54, 1.807) is 4.57 Å². The summed E-state index contributed by atoms with van der Waals surface area (Å²) >= 11 is 8.22. The standard InChI is InChI=1S/C12H11BrF3N3OS/c1-6(2)10-17-18-11(21)19(10)7-3-4-9(8(13)5-7)20-12(14,15)16/h3-6H,1-2H3,(H,18,21). The van der Waals surface area contributed by atoms with Crippen LogP contribution in [0.15, 0.2) is 22.7 Å². The molecule has 2 aromatic rings. The molecule has 0 saturated heterocycles. The third-order valence-corrected chi connectivity index (χ3v) is 3.51. The minimum Gasteiger partial charge on any atom is -0.405 e. The Morgan fingerprint density at radius 2 is 2.05 bits per heavy atom. The van der Waals surface area contributed by atoms with Gasteiger partial charge in [0.25, 0.3) is 0 Å². The van der Waals surface area contributed by atoms with Crippen molar-refractivity contribution in [3.05, 3.63) is 33.3 Å². The Balaban J connectivity index is 2.46. The zero-order valence-electron chi connectivity index (χ0n) is 11.0. The number of nitrogens with one attached hydrogen (secondary N) is 1. The summed E-state index contributed by atoms with van der Waals surface area (Å²) in [6, 6.07) is 4.22. The molecule has 1 aromatic heterocycles. The zero-order chi connectivity index (χ0) is 15.8. The Morgan fingerprint density at radius 1 is 1.38 bits per heavy atom. The highest BCUT2D eigenvalue weighted by atomic mass is 79.9. The SMILES string of the molecule is CC(C)c1n[nH]c(=S)n1-c1ccc(OC(F)(F)F)c(Br)c1. The number of alkyl halides is 3. The molecule has 1 heterocycles. The van der Waals surface area contributed by atoms with Crippen molar-refractivity contribution >= 4 is 28.1 Å². The molecule has 1 aromatic carbocycles. The molecule has 0 radical (unpaired) electrons. The summed E-state index contributed by atoms with van der Waals surface area (Å²) in [5.41, 5.74) is 0.596. The second-order valence-electron chi connectivity index (χ2n) is 4.54. The van der Waals surface area contributed by atoms with Gasteiger partial charge in [-0.25, -0.2) is 0 Å². The summed E-state index contributed by atoms with van der Waals surface area (Å²) in [6.07, 6.45) is -4.74. The average molecular weight is 382 g/mol. The molecule has 0 saturated carbocycles. The van der Waals surface area contributed by atoms with E-state index in [4.69, 9.17) is 12.2 Å². The lowest BCUT2D eigenvalue weighted by Crippen LogP contribution is -2.17. The lowest BCUT2D eigenvalue weighted by Gasteiger charge is -2.13. The van der Waals surface area contributed by atoms with Gasteiger partial charge in [-0.05, 0) is 46.3 Å². The maximum atomic E-state index is 12.2. The molecule has 21 heavy (non-hydrogen) atoms. The Bertz CT molecular complexity index is 709. The van der Waals surface area contributed by atoms with Crippen LogP contribution < -0.4 is 4.74 Å². The number of aromatic nitrogens is 3. The maximum absolute atomic E-state index is 12.2. The van der Waals surface area contributed by atoms with Gasteiger partial charge in [0.2, 0.25) is 0 Å². The Morgan fingerprint density at radius 3 is 2.57 bits per heavy atom. The number of hydrogen-bond acceptors (Lipinski definition) is 3. The van der Waals surface area contributed by atoms with E-state index in [2.05, 4.69) is 30.9 Å². The smallest absolute Gasteiger partial charge is 0.405 e. The molecule has 0 aliphatic heterocycles. The normalized spacial score (nSPS) is 12.0. The molecule has 114 valence electrons. The van der Waals surface area contributed by atoms with E-state index in [0.717, 1.165) is 0 Å². The molecule has 0 spiro atoms. The third kappa shape index (κ3) is 3.65. The van der Waals surface area contributed by atoms with Crippen LogP contribution in [0.1, 0.15) is 25.6 Å². The van der Waals surface area contributed by atoms with Crippen molar-refractivity contribution in [1.29, 1.82) is 0 Å². The van der Waals surface area contributed by atoms with Crippen molar-refractivity contribution in [2.45, 2.75) is 26.1 Å². The molecular weight excluding hydrogens is 371 g/mol. The highest BCUT2D eigenvalue weighted by Crippen LogP contribution is 2.32. The lowest BCUT2D eigenvalue weighted by molar-refractivity contribution is -0.274. The van der Waals surface area contributed by atoms with Crippen LogP contribution in [0.2, 0.25) is 0 Å². The molecule has 4 nitrogen and oxygen atoms in total. The summed E-state index contributed by atoms with van der Waals surface area (Å²) in [5, 5.41) is 6.80. The first-order chi connectivity index (χ1) is 9.69. The quantitative estimate of drug-likeness (QED) is 0.782. The van der Waals surface area contributed by atoms with E-state index in [9.17, 15) is 13.2 Å². The maximum Gasteiger partial charge on any atom is 0.573 e. The van der Waals surface area contributed by atoms with Gasteiger partial charge in [0.05, 0.1) is 10.2 Å². The average Bonchev–Trinajstić information content (AvgIpc) is 2.72. The molecule has 2 rings (SSSR count). The molecule has 0 unspecified atom stereocenters. The van der Waals surface area contributed by atoms with Gasteiger partial charge in [-0.2, -0.15) is 5.10 Å². The van der Waals surface area contributed by atoms with Gasteiger partial charge in [-0.15, -0.1) is 13.2 Å². The summed E-state index contributed by atoms with van der Waals surface area (Å²) in [4.78, 5) is 0. The minimum absolute atomic E-state index is 0.0998. The van der Waals surface area contributed by atoms with Crippen LogP contribution in [0.3, 0.4) is 0 Å². The molecular formula is C12H11BrF3N3OS. The number of aromatic amines is 1. The fourth-order valence-electron chi connectivity index (χ4n) is 1.78. The van der Waals surface area contributed by atoms with E-state index < -0.39 is 6.36 Å². The first-order valence-electron chi connectivity index (χ1n) is 5.92. The van der Waals surface area contributed by atoms with Crippen molar-refractivity contribution in [3.63, 3.8) is 0 Å². The van der Waals surface area contributed by atoms with Crippen LogP contribution in [-0.4, -0.2) is 21.1 Å². The topological polar surface area (TPSA) is 42.8 Å². The van der Waals surface area contributed by atoms with Gasteiger partial charge in [0.15, 0.2) is 4.77 Å². The van der Waals surface area contributed by atoms with Crippen LogP contribution in [0.4, 0.5) is 13.2 Å². The van der Waals surface area contributed by atoms with Gasteiger partial charge < -0.3 is 4.74 Å². The fraction of sp³-hybridized carbons (Fsp3) is 0.333. The highest BCUT2D eigenvalue weighted by molar-refractivity contribution is 9.10. The van der Waals surface area contributed by atoms with Gasteiger partial charge >= 0.3 is 6.36 Å². The number of ether oxygens (including phenoxy) is 1. The van der Waals surface area contributed by atoms with E-state index in [1.807, 2.05) is 13.8 Å². The molecule has 0 bridgehead atoms. The first-order valence-corrected chi connectivity index (χ1v) is 7.12. The first kappa shape index (κ1) is 16.0. The number of H-pyrrole nitrogens is 1. The van der Waals surface area contributed by atoms with E-state index in [-0.39, 0.29) is 16.1 Å². The second-order valence-corrected chi connectivity index (χ2v) is 5.78. The van der Waals surface area contributed by atoms with Crippen molar-refractivity contribution < 1.29 is 17.9 Å². The monoisotopic (exact) mass is 381 g/mol. The minimum atomic E-state index is -4.74. The lowest BCUT2D eigenvalue weighted by atomic mass is 10.2. The van der Waals surface area contributed by atoms with Gasteiger partial charge in [0.1, 0.15) is 11.6 Å². The molecule has 0 fully saturated rings. The summed E-state index contributed by atoms with van der Waals surface area (Å²) in [5.74, 6) is 0.478. The van der Waals surface area contributed by atoms with Crippen molar-refractivity contribution in [2.75, 3.05) is 0 Å². The van der Waals surface area contributed by atoms with Crippen LogP contribution in [0.5, 0.6) is 5.75 Å². The largest absolute Gasteiger partial charge is 0.573 e.